The second-order valence-corrected chi connectivity index (χ2v) is 5.54. The third kappa shape index (κ3) is 4.96. The van der Waals surface area contributed by atoms with Gasteiger partial charge in [0.2, 0.25) is 0 Å². The van der Waals surface area contributed by atoms with Crippen molar-refractivity contribution in [1.82, 2.24) is 0 Å². The Morgan fingerprint density at radius 3 is 2.61 bits per heavy atom. The minimum atomic E-state index is -0.510. The number of ether oxygens (including phenoxy) is 2. The fourth-order valence-corrected chi connectivity index (χ4v) is 2.58. The predicted octanol–water partition coefficient (Wildman–Crippen LogP) is 4.01. The Bertz CT molecular complexity index is 651. The van der Waals surface area contributed by atoms with Gasteiger partial charge in [0.05, 0.1) is 19.8 Å². The Balaban J connectivity index is 1.90. The summed E-state index contributed by atoms with van der Waals surface area (Å²) in [5, 5.41) is 12.5. The zero-order valence-electron chi connectivity index (χ0n) is 13.7. The lowest BCUT2D eigenvalue weighted by molar-refractivity contribution is -0.143. The molecular weight excluding hydrogens is 292 g/mol. The summed E-state index contributed by atoms with van der Waals surface area (Å²) in [5.74, 6) is 0.659. The normalized spacial score (nSPS) is 12.1. The van der Waals surface area contributed by atoms with E-state index in [-0.39, 0.29) is 5.97 Å². The molecule has 2 aromatic rings. The number of methoxy groups -OCH3 is 1. The summed E-state index contributed by atoms with van der Waals surface area (Å²) in [6.07, 6.45) is 2.07. The van der Waals surface area contributed by atoms with Crippen molar-refractivity contribution in [2.24, 2.45) is 0 Å². The van der Waals surface area contributed by atoms with Crippen molar-refractivity contribution >= 4 is 16.7 Å². The Hall–Kier alpha value is -2.07. The highest BCUT2D eigenvalue weighted by Crippen LogP contribution is 2.26. The minimum absolute atomic E-state index is 0.165. The van der Waals surface area contributed by atoms with Crippen molar-refractivity contribution < 1.29 is 19.4 Å². The molecule has 0 spiro atoms. The summed E-state index contributed by atoms with van der Waals surface area (Å²) in [5.41, 5.74) is 0.902. The van der Waals surface area contributed by atoms with Crippen LogP contribution in [0.4, 0.5) is 0 Å². The number of aliphatic hydroxyl groups excluding tert-OH is 1. The third-order valence-electron chi connectivity index (χ3n) is 3.87. The molecule has 2 rings (SSSR count). The van der Waals surface area contributed by atoms with Gasteiger partial charge in [0, 0.05) is 6.42 Å². The molecule has 1 atom stereocenters. The summed E-state index contributed by atoms with van der Waals surface area (Å²) >= 11 is 0. The van der Waals surface area contributed by atoms with Crippen LogP contribution < -0.4 is 4.74 Å². The Kier molecular flexibility index (Phi) is 6.41. The van der Waals surface area contributed by atoms with Gasteiger partial charge in [-0.25, -0.2) is 0 Å². The fourth-order valence-electron chi connectivity index (χ4n) is 2.58. The lowest BCUT2D eigenvalue weighted by Crippen LogP contribution is -2.04. The molecule has 23 heavy (non-hydrogen) atoms. The van der Waals surface area contributed by atoms with Gasteiger partial charge in [0.25, 0.3) is 0 Å². The Morgan fingerprint density at radius 2 is 1.87 bits per heavy atom. The lowest BCUT2D eigenvalue weighted by atomic mass is 9.99. The fraction of sp³-hybridized carbons (Fsp3) is 0.421. The van der Waals surface area contributed by atoms with Crippen LogP contribution in [0.15, 0.2) is 36.4 Å². The quantitative estimate of drug-likeness (QED) is 0.590. The zero-order chi connectivity index (χ0) is 16.7. The van der Waals surface area contributed by atoms with Crippen molar-refractivity contribution in [2.45, 2.75) is 38.7 Å². The van der Waals surface area contributed by atoms with E-state index in [2.05, 4.69) is 0 Å². The summed E-state index contributed by atoms with van der Waals surface area (Å²) < 4.78 is 10.1. The van der Waals surface area contributed by atoms with Crippen LogP contribution in [0.2, 0.25) is 0 Å². The summed E-state index contributed by atoms with van der Waals surface area (Å²) in [4.78, 5) is 11.3. The molecule has 0 radical (unpaired) electrons. The molecule has 1 unspecified atom stereocenters. The molecule has 0 aromatic heterocycles. The Labute approximate surface area is 137 Å². The number of hydrogen-bond donors (Lipinski definition) is 1. The molecule has 0 saturated heterocycles. The van der Waals surface area contributed by atoms with E-state index >= 15 is 0 Å². The molecule has 0 bridgehead atoms. The molecule has 1 N–H and O–H groups in total. The largest absolute Gasteiger partial charge is 0.497 e. The van der Waals surface area contributed by atoms with Crippen molar-refractivity contribution in [2.75, 3.05) is 13.7 Å². The van der Waals surface area contributed by atoms with E-state index < -0.39 is 6.10 Å². The first kappa shape index (κ1) is 17.3. The van der Waals surface area contributed by atoms with E-state index in [4.69, 9.17) is 9.47 Å². The van der Waals surface area contributed by atoms with Crippen molar-refractivity contribution in [3.63, 3.8) is 0 Å². The molecular formula is C19H24O4. The van der Waals surface area contributed by atoms with Gasteiger partial charge in [0.1, 0.15) is 5.75 Å². The lowest BCUT2D eigenvalue weighted by Gasteiger charge is -2.12. The van der Waals surface area contributed by atoms with E-state index in [0.29, 0.717) is 19.4 Å². The number of unbranched alkanes of at least 4 members (excludes halogenated alkanes) is 1. The topological polar surface area (TPSA) is 55.8 Å². The predicted molar refractivity (Wildman–Crippen MR) is 90.6 cm³/mol. The van der Waals surface area contributed by atoms with E-state index in [1.807, 2.05) is 36.4 Å². The van der Waals surface area contributed by atoms with Gasteiger partial charge < -0.3 is 14.6 Å². The second kappa shape index (κ2) is 8.53. The van der Waals surface area contributed by atoms with Gasteiger partial charge in [-0.05, 0) is 60.7 Å². The number of carbonyl (C=O) groups is 1. The molecule has 0 amide bonds. The summed E-state index contributed by atoms with van der Waals surface area (Å²) in [6.45, 7) is 2.22. The van der Waals surface area contributed by atoms with Crippen LogP contribution >= 0.6 is 0 Å². The van der Waals surface area contributed by atoms with Crippen LogP contribution in [-0.4, -0.2) is 24.8 Å². The van der Waals surface area contributed by atoms with Gasteiger partial charge >= 0.3 is 5.97 Å². The second-order valence-electron chi connectivity index (χ2n) is 5.54. The number of fused-ring (bicyclic) bond motifs is 1. The van der Waals surface area contributed by atoms with Crippen LogP contribution in [-0.2, 0) is 9.53 Å². The Morgan fingerprint density at radius 1 is 1.13 bits per heavy atom. The third-order valence-corrected chi connectivity index (χ3v) is 3.87. The molecule has 0 fully saturated rings. The number of aliphatic hydroxyl groups is 1. The maximum Gasteiger partial charge on any atom is 0.305 e. The maximum atomic E-state index is 11.3. The van der Waals surface area contributed by atoms with Gasteiger partial charge in [-0.2, -0.15) is 0 Å². The van der Waals surface area contributed by atoms with Crippen LogP contribution in [0.5, 0.6) is 5.75 Å². The molecule has 0 saturated carbocycles. The van der Waals surface area contributed by atoms with Gasteiger partial charge in [-0.3, -0.25) is 4.79 Å². The van der Waals surface area contributed by atoms with Gasteiger partial charge in [-0.15, -0.1) is 0 Å². The van der Waals surface area contributed by atoms with E-state index in [9.17, 15) is 9.90 Å². The number of esters is 1. The summed E-state index contributed by atoms with van der Waals surface area (Å²) in [7, 11) is 1.65. The zero-order valence-corrected chi connectivity index (χ0v) is 13.7. The standard InChI is InChI=1S/C19H24O4/c1-3-23-19(21)7-5-4-6-18(20)16-9-8-15-13-17(22-2)11-10-14(15)12-16/h8-13,18,20H,3-7H2,1-2H3. The molecule has 4 heteroatoms. The number of hydrogen-bond acceptors (Lipinski definition) is 4. The maximum absolute atomic E-state index is 11.3. The highest BCUT2D eigenvalue weighted by molar-refractivity contribution is 5.84. The van der Waals surface area contributed by atoms with Crippen LogP contribution in [0.25, 0.3) is 10.8 Å². The molecule has 4 nitrogen and oxygen atoms in total. The molecule has 2 aromatic carbocycles. The molecule has 0 aliphatic carbocycles. The van der Waals surface area contributed by atoms with Crippen LogP contribution in [0, 0.1) is 0 Å². The highest BCUT2D eigenvalue weighted by atomic mass is 16.5. The first-order chi connectivity index (χ1) is 11.1. The molecule has 124 valence electrons. The minimum Gasteiger partial charge on any atom is -0.497 e. The number of carbonyl (C=O) groups excluding carboxylic acids is 1. The SMILES string of the molecule is CCOC(=O)CCCCC(O)c1ccc2cc(OC)ccc2c1. The highest BCUT2D eigenvalue weighted by Gasteiger charge is 2.09. The van der Waals surface area contributed by atoms with Crippen molar-refractivity contribution in [3.8, 4) is 5.75 Å². The van der Waals surface area contributed by atoms with E-state index in [0.717, 1.165) is 34.9 Å². The molecule has 0 heterocycles. The number of rotatable bonds is 8. The first-order valence-electron chi connectivity index (χ1n) is 8.05. The number of benzene rings is 2. The van der Waals surface area contributed by atoms with E-state index in [1.165, 1.54) is 0 Å². The monoisotopic (exact) mass is 316 g/mol. The first-order valence-corrected chi connectivity index (χ1v) is 8.05. The molecule has 0 aliphatic rings. The smallest absolute Gasteiger partial charge is 0.305 e. The summed E-state index contributed by atoms with van der Waals surface area (Å²) in [6, 6.07) is 11.8. The van der Waals surface area contributed by atoms with Crippen molar-refractivity contribution in [3.05, 3.63) is 42.0 Å². The average Bonchev–Trinajstić information content (AvgIpc) is 2.57. The van der Waals surface area contributed by atoms with Crippen LogP contribution in [0.1, 0.15) is 44.3 Å². The van der Waals surface area contributed by atoms with Gasteiger partial charge in [-0.1, -0.05) is 18.2 Å². The van der Waals surface area contributed by atoms with Crippen LogP contribution in [0.3, 0.4) is 0 Å². The van der Waals surface area contributed by atoms with Crippen molar-refractivity contribution in [1.29, 1.82) is 0 Å². The molecule has 0 aliphatic heterocycles. The average molecular weight is 316 g/mol. The van der Waals surface area contributed by atoms with Gasteiger partial charge in [0.15, 0.2) is 0 Å². The van der Waals surface area contributed by atoms with E-state index in [1.54, 1.807) is 14.0 Å².